The molecule has 0 aromatic carbocycles. The van der Waals surface area contributed by atoms with Gasteiger partial charge in [0.05, 0.1) is 18.2 Å². The van der Waals surface area contributed by atoms with Crippen LogP contribution < -0.4 is 5.32 Å². The molecule has 0 saturated heterocycles. The van der Waals surface area contributed by atoms with Crippen molar-refractivity contribution in [3.05, 3.63) is 0 Å². The van der Waals surface area contributed by atoms with E-state index in [1.807, 2.05) is 0 Å². The van der Waals surface area contributed by atoms with Gasteiger partial charge in [-0.1, -0.05) is 13.8 Å². The molecule has 0 spiro atoms. The van der Waals surface area contributed by atoms with E-state index < -0.39 is 0 Å². The Kier molecular flexibility index (Phi) is 6.29. The molecule has 0 aromatic heterocycles. The first-order chi connectivity index (χ1) is 6.14. The summed E-state index contributed by atoms with van der Waals surface area (Å²) in [5.41, 5.74) is -0.133. The Labute approximate surface area is 81.8 Å². The highest BCUT2D eigenvalue weighted by molar-refractivity contribution is 4.87. The Bertz CT molecular complexity index is 118. The summed E-state index contributed by atoms with van der Waals surface area (Å²) in [6.45, 7) is 7.95. The average Bonchev–Trinajstić information content (AvgIpc) is 2.16. The molecular formula is C10H23NO2. The van der Waals surface area contributed by atoms with Crippen LogP contribution in [-0.2, 0) is 9.47 Å². The van der Waals surface area contributed by atoms with Gasteiger partial charge in [-0.2, -0.15) is 0 Å². The monoisotopic (exact) mass is 189 g/mol. The van der Waals surface area contributed by atoms with E-state index in [0.29, 0.717) is 6.61 Å². The van der Waals surface area contributed by atoms with Gasteiger partial charge >= 0.3 is 0 Å². The molecule has 0 rings (SSSR count). The lowest BCUT2D eigenvalue weighted by Gasteiger charge is -2.35. The van der Waals surface area contributed by atoms with E-state index in [0.717, 1.165) is 13.0 Å². The van der Waals surface area contributed by atoms with Gasteiger partial charge in [-0.25, -0.2) is 0 Å². The van der Waals surface area contributed by atoms with Gasteiger partial charge in [-0.15, -0.1) is 0 Å². The zero-order chi connectivity index (χ0) is 10.3. The van der Waals surface area contributed by atoms with Crippen LogP contribution in [0.25, 0.3) is 0 Å². The summed E-state index contributed by atoms with van der Waals surface area (Å²) in [5, 5.41) is 3.38. The minimum absolute atomic E-state index is 0.133. The van der Waals surface area contributed by atoms with E-state index in [9.17, 15) is 0 Å². The third kappa shape index (κ3) is 3.63. The van der Waals surface area contributed by atoms with Crippen LogP contribution in [0.4, 0.5) is 0 Å². The summed E-state index contributed by atoms with van der Waals surface area (Å²) < 4.78 is 10.7. The molecule has 1 N–H and O–H groups in total. The first-order valence-electron chi connectivity index (χ1n) is 4.92. The lowest BCUT2D eigenvalue weighted by Crippen LogP contribution is -2.52. The van der Waals surface area contributed by atoms with Crippen LogP contribution in [0.3, 0.4) is 0 Å². The molecule has 2 unspecified atom stereocenters. The predicted molar refractivity (Wildman–Crippen MR) is 55.0 cm³/mol. The minimum atomic E-state index is -0.133. The van der Waals surface area contributed by atoms with Crippen LogP contribution in [0.1, 0.15) is 27.2 Å². The summed E-state index contributed by atoms with van der Waals surface area (Å²) in [4.78, 5) is 0. The second-order valence-corrected chi connectivity index (χ2v) is 3.44. The summed E-state index contributed by atoms with van der Waals surface area (Å²) in [7, 11) is 3.47. The first kappa shape index (κ1) is 12.9. The smallest absolute Gasteiger partial charge is 0.0822 e. The molecule has 0 amide bonds. The molecule has 13 heavy (non-hydrogen) atoms. The van der Waals surface area contributed by atoms with Crippen LogP contribution >= 0.6 is 0 Å². The van der Waals surface area contributed by atoms with Crippen molar-refractivity contribution in [2.45, 2.75) is 38.8 Å². The molecule has 0 aliphatic rings. The number of hydrogen-bond donors (Lipinski definition) is 1. The van der Waals surface area contributed by atoms with Crippen LogP contribution in [0, 0.1) is 0 Å². The SMILES string of the molecule is CCNC(COC)C(C)(CC)OC. The van der Waals surface area contributed by atoms with Gasteiger partial charge in [-0.3, -0.25) is 0 Å². The quantitative estimate of drug-likeness (QED) is 0.657. The van der Waals surface area contributed by atoms with Crippen molar-refractivity contribution in [3.63, 3.8) is 0 Å². The number of rotatable bonds is 7. The lowest BCUT2D eigenvalue weighted by atomic mass is 9.93. The van der Waals surface area contributed by atoms with Crippen LogP contribution in [0.2, 0.25) is 0 Å². The van der Waals surface area contributed by atoms with Gasteiger partial charge in [0.2, 0.25) is 0 Å². The second-order valence-electron chi connectivity index (χ2n) is 3.44. The fourth-order valence-electron chi connectivity index (χ4n) is 1.40. The van der Waals surface area contributed by atoms with Crippen molar-refractivity contribution in [1.82, 2.24) is 5.32 Å². The molecule has 0 aliphatic carbocycles. The predicted octanol–water partition coefficient (Wildman–Crippen LogP) is 1.43. The summed E-state index contributed by atoms with van der Waals surface area (Å²) >= 11 is 0. The maximum absolute atomic E-state index is 5.51. The van der Waals surface area contributed by atoms with Gasteiger partial charge in [-0.05, 0) is 19.9 Å². The molecule has 0 bridgehead atoms. The standard InChI is InChI=1S/C10H23NO2/c1-6-10(3,13-5)9(8-12-4)11-7-2/h9,11H,6-8H2,1-5H3. The van der Waals surface area contributed by atoms with E-state index in [2.05, 4.69) is 26.1 Å². The molecule has 2 atom stereocenters. The third-order valence-electron chi connectivity index (χ3n) is 2.69. The fourth-order valence-corrected chi connectivity index (χ4v) is 1.40. The molecule has 80 valence electrons. The molecule has 0 heterocycles. The zero-order valence-corrected chi connectivity index (χ0v) is 9.52. The maximum Gasteiger partial charge on any atom is 0.0822 e. The van der Waals surface area contributed by atoms with E-state index in [1.54, 1.807) is 14.2 Å². The van der Waals surface area contributed by atoms with Gasteiger partial charge in [0.25, 0.3) is 0 Å². The highest BCUT2D eigenvalue weighted by Gasteiger charge is 2.31. The highest BCUT2D eigenvalue weighted by Crippen LogP contribution is 2.19. The van der Waals surface area contributed by atoms with Crippen LogP contribution in [0.15, 0.2) is 0 Å². The van der Waals surface area contributed by atoms with Crippen molar-refractivity contribution in [3.8, 4) is 0 Å². The Balaban J connectivity index is 4.28. The van der Waals surface area contributed by atoms with Gasteiger partial charge in [0, 0.05) is 14.2 Å². The maximum atomic E-state index is 5.51. The van der Waals surface area contributed by atoms with Gasteiger partial charge < -0.3 is 14.8 Å². The summed E-state index contributed by atoms with van der Waals surface area (Å²) in [6.07, 6.45) is 0.977. The summed E-state index contributed by atoms with van der Waals surface area (Å²) in [5.74, 6) is 0. The number of likely N-dealkylation sites (N-methyl/N-ethyl adjacent to an activating group) is 1. The molecule has 0 fully saturated rings. The highest BCUT2D eigenvalue weighted by atomic mass is 16.5. The Hall–Kier alpha value is -0.120. The molecular weight excluding hydrogens is 166 g/mol. The average molecular weight is 189 g/mol. The van der Waals surface area contributed by atoms with Gasteiger partial charge in [0.15, 0.2) is 0 Å². The number of ether oxygens (including phenoxy) is 2. The van der Waals surface area contributed by atoms with Crippen molar-refractivity contribution in [2.24, 2.45) is 0 Å². The summed E-state index contributed by atoms with van der Waals surface area (Å²) in [6, 6.07) is 0.262. The minimum Gasteiger partial charge on any atom is -0.383 e. The number of nitrogens with one attached hydrogen (secondary N) is 1. The Morgan fingerprint density at radius 3 is 2.23 bits per heavy atom. The zero-order valence-electron chi connectivity index (χ0n) is 9.52. The van der Waals surface area contributed by atoms with Crippen molar-refractivity contribution in [2.75, 3.05) is 27.4 Å². The topological polar surface area (TPSA) is 30.5 Å². The van der Waals surface area contributed by atoms with Crippen LogP contribution in [-0.4, -0.2) is 39.0 Å². The second kappa shape index (κ2) is 6.35. The molecule has 0 saturated carbocycles. The first-order valence-corrected chi connectivity index (χ1v) is 4.92. The van der Waals surface area contributed by atoms with E-state index >= 15 is 0 Å². The largest absolute Gasteiger partial charge is 0.383 e. The van der Waals surface area contributed by atoms with Crippen LogP contribution in [0.5, 0.6) is 0 Å². The van der Waals surface area contributed by atoms with E-state index in [4.69, 9.17) is 9.47 Å². The molecule has 0 radical (unpaired) electrons. The third-order valence-corrected chi connectivity index (χ3v) is 2.69. The fraction of sp³-hybridized carbons (Fsp3) is 1.00. The molecule has 3 heteroatoms. The van der Waals surface area contributed by atoms with Gasteiger partial charge in [0.1, 0.15) is 0 Å². The lowest BCUT2D eigenvalue weighted by molar-refractivity contribution is -0.0478. The number of hydrogen-bond acceptors (Lipinski definition) is 3. The van der Waals surface area contributed by atoms with Crippen molar-refractivity contribution >= 4 is 0 Å². The molecule has 0 aliphatic heterocycles. The van der Waals surface area contributed by atoms with E-state index in [1.165, 1.54) is 0 Å². The molecule has 0 aromatic rings. The Morgan fingerprint density at radius 2 is 1.92 bits per heavy atom. The normalized spacial score (nSPS) is 18.2. The Morgan fingerprint density at radius 1 is 1.31 bits per heavy atom. The number of methoxy groups -OCH3 is 2. The van der Waals surface area contributed by atoms with Crippen molar-refractivity contribution in [1.29, 1.82) is 0 Å². The molecule has 3 nitrogen and oxygen atoms in total. The van der Waals surface area contributed by atoms with Crippen molar-refractivity contribution < 1.29 is 9.47 Å². The van der Waals surface area contributed by atoms with E-state index in [-0.39, 0.29) is 11.6 Å².